The van der Waals surface area contributed by atoms with E-state index >= 15 is 0 Å². The molecule has 0 aliphatic heterocycles. The molecule has 1 rings (SSSR count). The predicted octanol–water partition coefficient (Wildman–Crippen LogP) is 0.491. The number of thiophene rings is 1. The summed E-state index contributed by atoms with van der Waals surface area (Å²) in [6.07, 6.45) is 0. The van der Waals surface area contributed by atoms with Crippen LogP contribution in [-0.2, 0) is 14.9 Å². The Balaban J connectivity index is 2.74. The SMILES string of the molecule is O=C(O)CNc1ccc(S(=O)(=O)O)s1. The quantitative estimate of drug-likeness (QED) is 0.658. The molecule has 1 aromatic rings. The zero-order valence-electron chi connectivity index (χ0n) is 6.80. The Hall–Kier alpha value is -1.12. The molecule has 0 saturated heterocycles. The maximum absolute atomic E-state index is 10.6. The first-order valence-electron chi connectivity index (χ1n) is 3.42. The lowest BCUT2D eigenvalue weighted by atomic mass is 10.6. The summed E-state index contributed by atoms with van der Waals surface area (Å²) >= 11 is 0.769. The summed E-state index contributed by atoms with van der Waals surface area (Å²) in [6, 6.07) is 2.58. The van der Waals surface area contributed by atoms with E-state index in [0.717, 1.165) is 11.3 Å². The first kappa shape index (κ1) is 11.0. The molecule has 0 atom stereocenters. The van der Waals surface area contributed by atoms with E-state index in [1.807, 2.05) is 0 Å². The first-order chi connectivity index (χ1) is 6.39. The smallest absolute Gasteiger partial charge is 0.322 e. The van der Waals surface area contributed by atoms with Crippen LogP contribution in [0.4, 0.5) is 5.00 Å². The number of hydrogen-bond donors (Lipinski definition) is 3. The number of rotatable bonds is 4. The molecule has 0 aliphatic carbocycles. The fraction of sp³-hybridized carbons (Fsp3) is 0.167. The zero-order chi connectivity index (χ0) is 10.8. The van der Waals surface area contributed by atoms with E-state index < -0.39 is 16.1 Å². The lowest BCUT2D eigenvalue weighted by Gasteiger charge is -1.96. The van der Waals surface area contributed by atoms with Crippen molar-refractivity contribution in [3.63, 3.8) is 0 Å². The van der Waals surface area contributed by atoms with Gasteiger partial charge >= 0.3 is 16.1 Å². The van der Waals surface area contributed by atoms with E-state index in [-0.39, 0.29) is 10.8 Å². The molecule has 0 spiro atoms. The molecule has 0 saturated carbocycles. The molecule has 78 valence electrons. The first-order valence-corrected chi connectivity index (χ1v) is 5.68. The van der Waals surface area contributed by atoms with E-state index in [4.69, 9.17) is 9.66 Å². The van der Waals surface area contributed by atoms with E-state index in [2.05, 4.69) is 5.32 Å². The van der Waals surface area contributed by atoms with E-state index in [1.165, 1.54) is 12.1 Å². The highest BCUT2D eigenvalue weighted by atomic mass is 32.3. The second-order valence-corrected chi connectivity index (χ2v) is 5.07. The summed E-state index contributed by atoms with van der Waals surface area (Å²) in [4.78, 5) is 10.2. The van der Waals surface area contributed by atoms with Gasteiger partial charge in [0.25, 0.3) is 0 Å². The number of hydrogen-bond acceptors (Lipinski definition) is 5. The highest BCUT2D eigenvalue weighted by Gasteiger charge is 2.12. The number of nitrogens with one attached hydrogen (secondary N) is 1. The molecule has 0 aliphatic rings. The third-order valence-electron chi connectivity index (χ3n) is 1.25. The maximum atomic E-state index is 10.6. The second-order valence-electron chi connectivity index (χ2n) is 2.34. The van der Waals surface area contributed by atoms with Crippen LogP contribution >= 0.6 is 11.3 Å². The molecule has 0 amide bonds. The Kier molecular flexibility index (Phi) is 3.09. The third-order valence-corrected chi connectivity index (χ3v) is 3.61. The summed E-state index contributed by atoms with van der Waals surface area (Å²) in [6.45, 7) is -0.300. The van der Waals surface area contributed by atoms with Crippen LogP contribution in [0.5, 0.6) is 0 Å². The molecule has 3 N–H and O–H groups in total. The summed E-state index contributed by atoms with van der Waals surface area (Å²) in [7, 11) is -4.19. The van der Waals surface area contributed by atoms with Crippen molar-refractivity contribution in [3.05, 3.63) is 12.1 Å². The van der Waals surface area contributed by atoms with Crippen molar-refractivity contribution in [2.75, 3.05) is 11.9 Å². The number of carboxylic acids is 1. The van der Waals surface area contributed by atoms with Crippen LogP contribution in [0.1, 0.15) is 0 Å². The highest BCUT2D eigenvalue weighted by molar-refractivity contribution is 7.88. The van der Waals surface area contributed by atoms with Gasteiger partial charge in [0, 0.05) is 0 Å². The average Bonchev–Trinajstić information content (AvgIpc) is 2.47. The Bertz CT molecular complexity index is 435. The standard InChI is InChI=1S/C6H7NO5S2/c8-5(9)3-7-4-1-2-6(13-4)14(10,11)12/h1-2,7H,3H2,(H,8,9)(H,10,11,12). The van der Waals surface area contributed by atoms with Gasteiger partial charge in [0.2, 0.25) is 0 Å². The molecule has 0 unspecified atom stereocenters. The summed E-state index contributed by atoms with van der Waals surface area (Å²) in [5.74, 6) is -1.05. The van der Waals surface area contributed by atoms with Crippen molar-refractivity contribution >= 4 is 32.4 Å². The number of anilines is 1. The monoisotopic (exact) mass is 237 g/mol. The van der Waals surface area contributed by atoms with E-state index in [9.17, 15) is 13.2 Å². The van der Waals surface area contributed by atoms with Gasteiger partial charge in [-0.25, -0.2) is 0 Å². The van der Waals surface area contributed by atoms with Crippen molar-refractivity contribution in [2.45, 2.75) is 4.21 Å². The molecule has 14 heavy (non-hydrogen) atoms. The summed E-state index contributed by atoms with van der Waals surface area (Å²) < 4.78 is 29.6. The Labute approximate surface area is 83.9 Å². The fourth-order valence-corrected chi connectivity index (χ4v) is 2.28. The molecular weight excluding hydrogens is 230 g/mol. The second kappa shape index (κ2) is 3.95. The van der Waals surface area contributed by atoms with Crippen LogP contribution in [0.25, 0.3) is 0 Å². The van der Waals surface area contributed by atoms with Crippen LogP contribution in [-0.4, -0.2) is 30.6 Å². The summed E-state index contributed by atoms with van der Waals surface area (Å²) in [5.41, 5.74) is 0. The van der Waals surface area contributed by atoms with Gasteiger partial charge in [-0.05, 0) is 12.1 Å². The van der Waals surface area contributed by atoms with Crippen LogP contribution in [0.15, 0.2) is 16.3 Å². The van der Waals surface area contributed by atoms with Crippen molar-refractivity contribution in [3.8, 4) is 0 Å². The van der Waals surface area contributed by atoms with Gasteiger partial charge < -0.3 is 10.4 Å². The van der Waals surface area contributed by atoms with Gasteiger partial charge in [0.1, 0.15) is 10.8 Å². The number of carbonyl (C=O) groups is 1. The van der Waals surface area contributed by atoms with Crippen molar-refractivity contribution in [1.29, 1.82) is 0 Å². The molecule has 8 heteroatoms. The topological polar surface area (TPSA) is 104 Å². The lowest BCUT2D eigenvalue weighted by molar-refractivity contribution is -0.134. The highest BCUT2D eigenvalue weighted by Crippen LogP contribution is 2.25. The maximum Gasteiger partial charge on any atom is 0.322 e. The van der Waals surface area contributed by atoms with Gasteiger partial charge in [0.15, 0.2) is 0 Å². The third kappa shape index (κ3) is 2.98. The van der Waals surface area contributed by atoms with Crippen LogP contribution in [0.2, 0.25) is 0 Å². The summed E-state index contributed by atoms with van der Waals surface area (Å²) in [5, 5.41) is 11.2. The largest absolute Gasteiger partial charge is 0.480 e. The minimum Gasteiger partial charge on any atom is -0.480 e. The predicted molar refractivity (Wildman–Crippen MR) is 50.3 cm³/mol. The Morgan fingerprint density at radius 3 is 2.57 bits per heavy atom. The van der Waals surface area contributed by atoms with Crippen LogP contribution in [0, 0.1) is 0 Å². The molecule has 6 nitrogen and oxygen atoms in total. The molecule has 0 bridgehead atoms. The minimum absolute atomic E-state index is 0.217. The molecule has 1 heterocycles. The normalized spacial score (nSPS) is 11.2. The van der Waals surface area contributed by atoms with Crippen molar-refractivity contribution < 1.29 is 22.9 Å². The number of aliphatic carboxylic acids is 1. The average molecular weight is 237 g/mol. The van der Waals surface area contributed by atoms with Crippen molar-refractivity contribution in [2.24, 2.45) is 0 Å². The van der Waals surface area contributed by atoms with Gasteiger partial charge in [-0.3, -0.25) is 9.35 Å². The Morgan fingerprint density at radius 1 is 1.50 bits per heavy atom. The van der Waals surface area contributed by atoms with Gasteiger partial charge in [-0.15, -0.1) is 11.3 Å². The van der Waals surface area contributed by atoms with E-state index in [0.29, 0.717) is 5.00 Å². The molecule has 0 radical (unpaired) electrons. The van der Waals surface area contributed by atoms with Gasteiger partial charge in [-0.1, -0.05) is 0 Å². The molecule has 0 fully saturated rings. The molecule has 0 aromatic carbocycles. The van der Waals surface area contributed by atoms with E-state index in [1.54, 1.807) is 0 Å². The van der Waals surface area contributed by atoms with Crippen molar-refractivity contribution in [1.82, 2.24) is 0 Å². The van der Waals surface area contributed by atoms with Gasteiger partial charge in [-0.2, -0.15) is 8.42 Å². The Morgan fingerprint density at radius 2 is 2.14 bits per heavy atom. The van der Waals surface area contributed by atoms with Crippen LogP contribution in [0.3, 0.4) is 0 Å². The lowest BCUT2D eigenvalue weighted by Crippen LogP contribution is -2.11. The zero-order valence-corrected chi connectivity index (χ0v) is 8.43. The van der Waals surface area contributed by atoms with Crippen LogP contribution < -0.4 is 5.32 Å². The number of carboxylic acid groups (broad SMARTS) is 1. The fourth-order valence-electron chi connectivity index (χ4n) is 0.717. The molecule has 1 aromatic heterocycles. The van der Waals surface area contributed by atoms with Gasteiger partial charge in [0.05, 0.1) is 5.00 Å². The minimum atomic E-state index is -4.19. The molecular formula is C6H7NO5S2.